The van der Waals surface area contributed by atoms with Crippen LogP contribution in [-0.2, 0) is 9.53 Å². The molecule has 0 spiro atoms. The van der Waals surface area contributed by atoms with Gasteiger partial charge in [0.25, 0.3) is 6.47 Å². The molecule has 1 atom stereocenters. The largest absolute Gasteiger partial charge is 0.446 e. The quantitative estimate of drug-likeness (QED) is 0.610. The SMILES string of the molecule is O=COC(Br)c1ccnc(C2CC2)n1. The molecule has 1 aromatic heterocycles. The molecule has 4 nitrogen and oxygen atoms in total. The minimum absolute atomic E-state index is 0.401. The Labute approximate surface area is 89.8 Å². The highest BCUT2D eigenvalue weighted by atomic mass is 79.9. The molecular weight excluding hydrogens is 248 g/mol. The van der Waals surface area contributed by atoms with Crippen LogP contribution >= 0.6 is 15.9 Å². The van der Waals surface area contributed by atoms with Crippen LogP contribution in [0.4, 0.5) is 0 Å². The Balaban J connectivity index is 2.16. The zero-order chi connectivity index (χ0) is 9.97. The van der Waals surface area contributed by atoms with E-state index in [1.54, 1.807) is 12.3 Å². The highest BCUT2D eigenvalue weighted by Crippen LogP contribution is 2.38. The summed E-state index contributed by atoms with van der Waals surface area (Å²) in [6.07, 6.45) is 4.01. The van der Waals surface area contributed by atoms with E-state index >= 15 is 0 Å². The minimum Gasteiger partial charge on any atom is -0.446 e. The Bertz CT molecular complexity index is 341. The van der Waals surface area contributed by atoms with E-state index in [2.05, 4.69) is 25.9 Å². The third-order valence-corrected chi connectivity index (χ3v) is 2.73. The molecular formula is C9H9BrN2O2. The first-order chi connectivity index (χ1) is 6.81. The first-order valence-electron chi connectivity index (χ1n) is 4.37. The van der Waals surface area contributed by atoms with Crippen molar-refractivity contribution in [3.63, 3.8) is 0 Å². The molecule has 1 aliphatic rings. The monoisotopic (exact) mass is 256 g/mol. The van der Waals surface area contributed by atoms with Crippen molar-refractivity contribution in [3.8, 4) is 0 Å². The zero-order valence-corrected chi connectivity index (χ0v) is 8.98. The number of ether oxygens (including phenoxy) is 1. The Morgan fingerprint density at radius 1 is 1.64 bits per heavy atom. The van der Waals surface area contributed by atoms with Gasteiger partial charge in [0.05, 0.1) is 5.69 Å². The minimum atomic E-state index is -0.472. The third kappa shape index (κ3) is 2.09. The second-order valence-electron chi connectivity index (χ2n) is 3.16. The van der Waals surface area contributed by atoms with Gasteiger partial charge in [0, 0.05) is 12.1 Å². The fourth-order valence-corrected chi connectivity index (χ4v) is 1.51. The number of nitrogens with zero attached hydrogens (tertiary/aromatic N) is 2. The molecule has 0 N–H and O–H groups in total. The number of aromatic nitrogens is 2. The molecule has 5 heteroatoms. The lowest BCUT2D eigenvalue weighted by molar-refractivity contribution is -0.130. The highest BCUT2D eigenvalue weighted by molar-refractivity contribution is 9.09. The fraction of sp³-hybridized carbons (Fsp3) is 0.444. The number of hydrogen-bond donors (Lipinski definition) is 0. The molecule has 1 saturated carbocycles. The Morgan fingerprint density at radius 3 is 3.07 bits per heavy atom. The molecule has 2 rings (SSSR count). The summed E-state index contributed by atoms with van der Waals surface area (Å²) in [5.74, 6) is 1.35. The van der Waals surface area contributed by atoms with Gasteiger partial charge in [0.1, 0.15) is 5.82 Å². The number of rotatable bonds is 4. The van der Waals surface area contributed by atoms with Crippen LogP contribution in [0.1, 0.15) is 35.3 Å². The lowest BCUT2D eigenvalue weighted by atomic mass is 10.3. The maximum atomic E-state index is 10.1. The van der Waals surface area contributed by atoms with Crippen molar-refractivity contribution in [2.45, 2.75) is 23.8 Å². The van der Waals surface area contributed by atoms with Gasteiger partial charge in [-0.1, -0.05) is 0 Å². The molecule has 74 valence electrons. The summed E-state index contributed by atoms with van der Waals surface area (Å²) < 4.78 is 4.73. The van der Waals surface area contributed by atoms with E-state index in [9.17, 15) is 4.79 Å². The van der Waals surface area contributed by atoms with Gasteiger partial charge in [-0.15, -0.1) is 0 Å². The summed E-state index contributed by atoms with van der Waals surface area (Å²) >= 11 is 3.21. The highest BCUT2D eigenvalue weighted by Gasteiger charge is 2.27. The van der Waals surface area contributed by atoms with Gasteiger partial charge in [-0.05, 0) is 34.8 Å². The molecule has 0 saturated heterocycles. The maximum absolute atomic E-state index is 10.1. The van der Waals surface area contributed by atoms with E-state index in [0.717, 1.165) is 18.7 Å². The number of carbonyl (C=O) groups excluding carboxylic acids is 1. The molecule has 1 heterocycles. The molecule has 0 aromatic carbocycles. The van der Waals surface area contributed by atoms with Crippen LogP contribution in [0.15, 0.2) is 12.3 Å². The van der Waals surface area contributed by atoms with E-state index in [1.807, 2.05) is 0 Å². The standard InChI is InChI=1S/C9H9BrN2O2/c10-8(14-5-13)7-3-4-11-9(12-7)6-1-2-6/h3-6,8H,1-2H2. The van der Waals surface area contributed by atoms with Crippen LogP contribution < -0.4 is 0 Å². The lowest BCUT2D eigenvalue weighted by Crippen LogP contribution is -2.01. The molecule has 0 aliphatic heterocycles. The van der Waals surface area contributed by atoms with Crippen molar-refractivity contribution in [1.82, 2.24) is 9.97 Å². The average molecular weight is 257 g/mol. The fourth-order valence-electron chi connectivity index (χ4n) is 1.17. The lowest BCUT2D eigenvalue weighted by Gasteiger charge is -2.07. The number of hydrogen-bond acceptors (Lipinski definition) is 4. The maximum Gasteiger partial charge on any atom is 0.294 e. The van der Waals surface area contributed by atoms with Crippen molar-refractivity contribution in [3.05, 3.63) is 23.8 Å². The van der Waals surface area contributed by atoms with Crippen LogP contribution in [0, 0.1) is 0 Å². The smallest absolute Gasteiger partial charge is 0.294 e. The number of alkyl halides is 1. The average Bonchev–Trinajstić information content (AvgIpc) is 3.02. The summed E-state index contributed by atoms with van der Waals surface area (Å²) in [6.45, 7) is 0.401. The van der Waals surface area contributed by atoms with E-state index in [-0.39, 0.29) is 0 Å². The first kappa shape index (κ1) is 9.58. The van der Waals surface area contributed by atoms with Crippen LogP contribution in [-0.4, -0.2) is 16.4 Å². The van der Waals surface area contributed by atoms with E-state index in [1.165, 1.54) is 0 Å². The molecule has 1 fully saturated rings. The van der Waals surface area contributed by atoms with Gasteiger partial charge in [-0.2, -0.15) is 0 Å². The Morgan fingerprint density at radius 2 is 2.43 bits per heavy atom. The normalized spacial score (nSPS) is 17.5. The van der Waals surface area contributed by atoms with Gasteiger partial charge in [-0.3, -0.25) is 4.79 Å². The summed E-state index contributed by atoms with van der Waals surface area (Å²) in [4.78, 5) is 18.6. The first-order valence-corrected chi connectivity index (χ1v) is 5.29. The number of carbonyl (C=O) groups is 1. The molecule has 0 radical (unpaired) electrons. The molecule has 1 aromatic rings. The van der Waals surface area contributed by atoms with Gasteiger partial charge in [0.2, 0.25) is 0 Å². The summed E-state index contributed by atoms with van der Waals surface area (Å²) in [5.41, 5.74) is 0.689. The zero-order valence-electron chi connectivity index (χ0n) is 7.39. The van der Waals surface area contributed by atoms with Crippen molar-refractivity contribution in [2.75, 3.05) is 0 Å². The van der Waals surface area contributed by atoms with Crippen molar-refractivity contribution < 1.29 is 9.53 Å². The van der Waals surface area contributed by atoms with Gasteiger partial charge < -0.3 is 4.74 Å². The predicted octanol–water partition coefficient (Wildman–Crippen LogP) is 1.92. The van der Waals surface area contributed by atoms with Crippen LogP contribution in [0.25, 0.3) is 0 Å². The molecule has 14 heavy (non-hydrogen) atoms. The molecule has 0 bridgehead atoms. The molecule has 0 amide bonds. The van der Waals surface area contributed by atoms with E-state index in [4.69, 9.17) is 4.74 Å². The van der Waals surface area contributed by atoms with Crippen LogP contribution in [0.5, 0.6) is 0 Å². The third-order valence-electron chi connectivity index (χ3n) is 2.05. The summed E-state index contributed by atoms with van der Waals surface area (Å²) in [6, 6.07) is 1.73. The van der Waals surface area contributed by atoms with Gasteiger partial charge in [0.15, 0.2) is 5.01 Å². The summed E-state index contributed by atoms with van der Waals surface area (Å²) in [5, 5.41) is -0.472. The van der Waals surface area contributed by atoms with Crippen LogP contribution in [0.2, 0.25) is 0 Å². The Kier molecular flexibility index (Phi) is 2.77. The predicted molar refractivity (Wildman–Crippen MR) is 52.8 cm³/mol. The van der Waals surface area contributed by atoms with E-state index < -0.39 is 5.01 Å². The summed E-state index contributed by atoms with van der Waals surface area (Å²) in [7, 11) is 0. The van der Waals surface area contributed by atoms with E-state index in [0.29, 0.717) is 18.1 Å². The van der Waals surface area contributed by atoms with Crippen molar-refractivity contribution in [2.24, 2.45) is 0 Å². The van der Waals surface area contributed by atoms with Crippen LogP contribution in [0.3, 0.4) is 0 Å². The van der Waals surface area contributed by atoms with Crippen molar-refractivity contribution in [1.29, 1.82) is 0 Å². The number of halogens is 1. The topological polar surface area (TPSA) is 52.1 Å². The molecule has 1 unspecified atom stereocenters. The second-order valence-corrected chi connectivity index (χ2v) is 3.99. The second kappa shape index (κ2) is 4.04. The van der Waals surface area contributed by atoms with Gasteiger partial charge >= 0.3 is 0 Å². The Hall–Kier alpha value is -0.970. The van der Waals surface area contributed by atoms with Gasteiger partial charge in [-0.25, -0.2) is 9.97 Å². The van der Waals surface area contributed by atoms with Crippen molar-refractivity contribution >= 4 is 22.4 Å². The molecule has 1 aliphatic carbocycles.